The zero-order valence-electron chi connectivity index (χ0n) is 14.1. The van der Waals surface area contributed by atoms with Crippen LogP contribution in [0.25, 0.3) is 0 Å². The first-order valence-electron chi connectivity index (χ1n) is 7.72. The number of rotatable bonds is 6. The molecule has 0 saturated carbocycles. The summed E-state index contributed by atoms with van der Waals surface area (Å²) in [5, 5.41) is 3.34. The van der Waals surface area contributed by atoms with Crippen LogP contribution in [-0.2, 0) is 4.79 Å². The van der Waals surface area contributed by atoms with E-state index < -0.39 is 5.54 Å². The molecule has 1 aliphatic rings. The van der Waals surface area contributed by atoms with Crippen molar-refractivity contribution in [1.29, 1.82) is 0 Å². The molecule has 1 aliphatic heterocycles. The van der Waals surface area contributed by atoms with Crippen molar-refractivity contribution in [3.63, 3.8) is 0 Å². The highest BCUT2D eigenvalue weighted by molar-refractivity contribution is 5.85. The second-order valence-corrected chi connectivity index (χ2v) is 6.50. The number of piperazine rings is 1. The number of hydrogen-bond acceptors (Lipinski definition) is 4. The lowest BCUT2D eigenvalue weighted by Crippen LogP contribution is -2.62. The SMILES string of the molecule is CCN(C(=O)C(C)(C)N1CCNCC1)C(C)CN(C)C. The number of nitrogens with zero attached hydrogens (tertiary/aromatic N) is 3. The highest BCUT2D eigenvalue weighted by Crippen LogP contribution is 2.20. The molecule has 0 aliphatic carbocycles. The highest BCUT2D eigenvalue weighted by Gasteiger charge is 2.38. The van der Waals surface area contributed by atoms with Gasteiger partial charge in [0.05, 0.1) is 5.54 Å². The molecule has 1 atom stereocenters. The number of hydrogen-bond donors (Lipinski definition) is 1. The minimum absolute atomic E-state index is 0.240. The molecule has 5 heteroatoms. The molecule has 0 radical (unpaired) electrons. The Morgan fingerprint density at radius 1 is 1.30 bits per heavy atom. The van der Waals surface area contributed by atoms with Crippen molar-refractivity contribution in [2.45, 2.75) is 39.3 Å². The van der Waals surface area contributed by atoms with Crippen molar-refractivity contribution in [2.24, 2.45) is 0 Å². The Morgan fingerprint density at radius 2 is 1.85 bits per heavy atom. The van der Waals surface area contributed by atoms with Gasteiger partial charge in [-0.15, -0.1) is 0 Å². The van der Waals surface area contributed by atoms with Gasteiger partial charge in [-0.3, -0.25) is 9.69 Å². The van der Waals surface area contributed by atoms with Crippen LogP contribution in [0.15, 0.2) is 0 Å². The van der Waals surface area contributed by atoms with E-state index in [0.717, 1.165) is 39.3 Å². The molecular formula is C15H32N4O. The van der Waals surface area contributed by atoms with Crippen LogP contribution in [0.2, 0.25) is 0 Å². The van der Waals surface area contributed by atoms with Gasteiger partial charge in [-0.2, -0.15) is 0 Å². The van der Waals surface area contributed by atoms with Gasteiger partial charge in [-0.1, -0.05) is 0 Å². The minimum atomic E-state index is -0.418. The molecule has 0 spiro atoms. The largest absolute Gasteiger partial charge is 0.337 e. The summed E-state index contributed by atoms with van der Waals surface area (Å²) >= 11 is 0. The molecule has 1 rings (SSSR count). The first kappa shape index (κ1) is 17.4. The Kier molecular flexibility index (Phi) is 6.43. The van der Waals surface area contributed by atoms with Crippen molar-refractivity contribution < 1.29 is 4.79 Å². The van der Waals surface area contributed by atoms with Crippen LogP contribution in [0.3, 0.4) is 0 Å². The van der Waals surface area contributed by atoms with Crippen LogP contribution in [0.4, 0.5) is 0 Å². The highest BCUT2D eigenvalue weighted by atomic mass is 16.2. The molecule has 118 valence electrons. The van der Waals surface area contributed by atoms with Gasteiger partial charge in [0.2, 0.25) is 5.91 Å². The summed E-state index contributed by atoms with van der Waals surface area (Å²) in [6, 6.07) is 0.240. The third kappa shape index (κ3) is 4.17. The molecule has 5 nitrogen and oxygen atoms in total. The topological polar surface area (TPSA) is 38.8 Å². The van der Waals surface area contributed by atoms with Crippen LogP contribution >= 0.6 is 0 Å². The Bertz CT molecular complexity index is 311. The van der Waals surface area contributed by atoms with E-state index in [2.05, 4.69) is 56.9 Å². The van der Waals surface area contributed by atoms with E-state index in [9.17, 15) is 4.79 Å². The summed E-state index contributed by atoms with van der Waals surface area (Å²) < 4.78 is 0. The maximum absolute atomic E-state index is 13.0. The van der Waals surface area contributed by atoms with Crippen molar-refractivity contribution in [3.8, 4) is 0 Å². The normalized spacial score (nSPS) is 19.1. The smallest absolute Gasteiger partial charge is 0.242 e. The second-order valence-electron chi connectivity index (χ2n) is 6.50. The van der Waals surface area contributed by atoms with E-state index in [1.165, 1.54) is 0 Å². The molecular weight excluding hydrogens is 252 g/mol. The van der Waals surface area contributed by atoms with E-state index in [1.807, 2.05) is 4.90 Å². The van der Waals surface area contributed by atoms with Gasteiger partial charge in [-0.25, -0.2) is 0 Å². The molecule has 0 aromatic rings. The average molecular weight is 284 g/mol. The van der Waals surface area contributed by atoms with E-state index in [0.29, 0.717) is 0 Å². The predicted molar refractivity (Wildman–Crippen MR) is 83.9 cm³/mol. The Hall–Kier alpha value is -0.650. The van der Waals surface area contributed by atoms with Gasteiger partial charge in [0.15, 0.2) is 0 Å². The molecule has 20 heavy (non-hydrogen) atoms. The van der Waals surface area contributed by atoms with Gasteiger partial charge in [0.1, 0.15) is 0 Å². The summed E-state index contributed by atoms with van der Waals surface area (Å²) in [7, 11) is 4.10. The third-order valence-electron chi connectivity index (χ3n) is 4.19. The zero-order chi connectivity index (χ0) is 15.3. The first-order chi connectivity index (χ1) is 9.30. The third-order valence-corrected chi connectivity index (χ3v) is 4.19. The van der Waals surface area contributed by atoms with E-state index >= 15 is 0 Å². The molecule has 1 saturated heterocycles. The minimum Gasteiger partial charge on any atom is -0.337 e. The second kappa shape index (κ2) is 7.38. The van der Waals surface area contributed by atoms with Crippen LogP contribution in [0.5, 0.6) is 0 Å². The molecule has 1 fully saturated rings. The monoisotopic (exact) mass is 284 g/mol. The number of likely N-dealkylation sites (N-methyl/N-ethyl adjacent to an activating group) is 2. The molecule has 1 unspecified atom stereocenters. The zero-order valence-corrected chi connectivity index (χ0v) is 14.1. The summed E-state index contributed by atoms with van der Waals surface area (Å²) in [6.45, 7) is 13.8. The average Bonchev–Trinajstić information content (AvgIpc) is 2.39. The quantitative estimate of drug-likeness (QED) is 0.769. The van der Waals surface area contributed by atoms with Gasteiger partial charge in [0.25, 0.3) is 0 Å². The van der Waals surface area contributed by atoms with Crippen LogP contribution in [0.1, 0.15) is 27.7 Å². The fourth-order valence-corrected chi connectivity index (χ4v) is 2.99. The van der Waals surface area contributed by atoms with Crippen molar-refractivity contribution >= 4 is 5.91 Å². The van der Waals surface area contributed by atoms with Crippen molar-refractivity contribution in [2.75, 3.05) is 53.4 Å². The first-order valence-corrected chi connectivity index (χ1v) is 7.72. The summed E-state index contributed by atoms with van der Waals surface area (Å²) in [6.07, 6.45) is 0. The van der Waals surface area contributed by atoms with Crippen LogP contribution in [0, 0.1) is 0 Å². The van der Waals surface area contributed by atoms with E-state index in [1.54, 1.807) is 0 Å². The van der Waals surface area contributed by atoms with E-state index in [4.69, 9.17) is 0 Å². The molecule has 0 aromatic heterocycles. The van der Waals surface area contributed by atoms with Crippen LogP contribution in [-0.4, -0.2) is 85.6 Å². The Morgan fingerprint density at radius 3 is 2.30 bits per heavy atom. The fourth-order valence-electron chi connectivity index (χ4n) is 2.99. The number of amides is 1. The summed E-state index contributed by atoms with van der Waals surface area (Å²) in [5.41, 5.74) is -0.418. The lowest BCUT2D eigenvalue weighted by atomic mass is 9.98. The lowest BCUT2D eigenvalue weighted by molar-refractivity contribution is -0.145. The van der Waals surface area contributed by atoms with Crippen molar-refractivity contribution in [1.82, 2.24) is 20.0 Å². The standard InChI is InChI=1S/C15H32N4O/c1-7-19(13(2)12-17(5)6)14(20)15(3,4)18-10-8-16-9-11-18/h13,16H,7-12H2,1-6H3. The predicted octanol–water partition coefficient (Wildman–Crippen LogP) is 0.469. The Labute approximate surface area is 124 Å². The Balaban J connectivity index is 2.77. The number of carbonyl (C=O) groups is 1. The van der Waals surface area contributed by atoms with Gasteiger partial charge < -0.3 is 15.1 Å². The maximum Gasteiger partial charge on any atom is 0.242 e. The van der Waals surface area contributed by atoms with Gasteiger partial charge >= 0.3 is 0 Å². The van der Waals surface area contributed by atoms with Gasteiger partial charge in [0, 0.05) is 45.3 Å². The molecule has 0 bridgehead atoms. The number of nitrogens with one attached hydrogen (secondary N) is 1. The van der Waals surface area contributed by atoms with E-state index in [-0.39, 0.29) is 11.9 Å². The van der Waals surface area contributed by atoms with Gasteiger partial charge in [-0.05, 0) is 41.8 Å². The fraction of sp³-hybridized carbons (Fsp3) is 0.933. The lowest BCUT2D eigenvalue weighted by Gasteiger charge is -2.44. The number of carbonyl (C=O) groups excluding carboxylic acids is 1. The van der Waals surface area contributed by atoms with Crippen LogP contribution < -0.4 is 5.32 Å². The van der Waals surface area contributed by atoms with Crippen molar-refractivity contribution in [3.05, 3.63) is 0 Å². The molecule has 1 heterocycles. The maximum atomic E-state index is 13.0. The molecule has 1 amide bonds. The summed E-state index contributed by atoms with van der Waals surface area (Å²) in [5.74, 6) is 0.247. The summed E-state index contributed by atoms with van der Waals surface area (Å²) in [4.78, 5) is 19.4. The molecule has 0 aromatic carbocycles. The molecule has 1 N–H and O–H groups in total.